The second-order valence-corrected chi connectivity index (χ2v) is 8.30. The number of carbonyl (C=O) groups excluding carboxylic acids is 1. The molecule has 0 aromatic heterocycles. The zero-order chi connectivity index (χ0) is 20.1. The summed E-state index contributed by atoms with van der Waals surface area (Å²) < 4.78 is 43.5. The van der Waals surface area contributed by atoms with Crippen molar-refractivity contribution in [2.24, 2.45) is 5.92 Å². The van der Waals surface area contributed by atoms with Gasteiger partial charge in [-0.1, -0.05) is 18.2 Å². The lowest BCUT2D eigenvalue weighted by Crippen LogP contribution is -2.40. The van der Waals surface area contributed by atoms with Crippen molar-refractivity contribution >= 4 is 16.1 Å². The van der Waals surface area contributed by atoms with Gasteiger partial charge in [-0.3, -0.25) is 0 Å². The maximum Gasteiger partial charge on any atom is 0.339 e. The van der Waals surface area contributed by atoms with E-state index < -0.39 is 15.9 Å². The molecule has 0 saturated heterocycles. The van der Waals surface area contributed by atoms with Crippen molar-refractivity contribution in [2.45, 2.75) is 31.2 Å². The van der Waals surface area contributed by atoms with Crippen LogP contribution in [0.15, 0.2) is 53.4 Å². The first-order valence-corrected chi connectivity index (χ1v) is 10.6. The lowest BCUT2D eigenvalue weighted by atomic mass is 10.2. The summed E-state index contributed by atoms with van der Waals surface area (Å²) in [4.78, 5) is 13.9. The molecule has 1 aliphatic carbocycles. The summed E-state index contributed by atoms with van der Waals surface area (Å²) in [6.07, 6.45) is 2.18. The molecule has 1 fully saturated rings. The Morgan fingerprint density at radius 2 is 1.86 bits per heavy atom. The van der Waals surface area contributed by atoms with Crippen molar-refractivity contribution in [2.75, 3.05) is 13.1 Å². The fraction of sp³-hybridized carbons (Fsp3) is 0.350. The quantitative estimate of drug-likeness (QED) is 0.681. The van der Waals surface area contributed by atoms with Crippen molar-refractivity contribution in [1.29, 1.82) is 0 Å². The van der Waals surface area contributed by atoms with Crippen LogP contribution in [0.4, 0.5) is 9.18 Å². The van der Waals surface area contributed by atoms with E-state index in [0.717, 1.165) is 37.1 Å². The van der Waals surface area contributed by atoms with Gasteiger partial charge >= 0.3 is 16.1 Å². The highest BCUT2D eigenvalue weighted by molar-refractivity contribution is 7.87. The zero-order valence-electron chi connectivity index (χ0n) is 15.6. The molecule has 0 unspecified atom stereocenters. The Balaban J connectivity index is 1.81. The van der Waals surface area contributed by atoms with Crippen LogP contribution in [0.2, 0.25) is 0 Å². The molecule has 0 radical (unpaired) electrons. The Kier molecular flexibility index (Phi) is 6.18. The minimum atomic E-state index is -4.12. The molecule has 1 saturated carbocycles. The van der Waals surface area contributed by atoms with Crippen LogP contribution in [0.3, 0.4) is 0 Å². The Morgan fingerprint density at radius 1 is 1.18 bits per heavy atom. The van der Waals surface area contributed by atoms with Gasteiger partial charge in [0.15, 0.2) is 0 Å². The third-order valence-electron chi connectivity index (χ3n) is 4.43. The molecule has 1 N–H and O–H groups in total. The number of benzene rings is 2. The molecule has 2 aromatic rings. The summed E-state index contributed by atoms with van der Waals surface area (Å²) in [6, 6.07) is 10.9. The van der Waals surface area contributed by atoms with Crippen molar-refractivity contribution in [3.8, 4) is 5.75 Å². The number of para-hydroxylation sites is 1. The normalized spacial score (nSPS) is 13.8. The first-order valence-electron chi connectivity index (χ1n) is 9.20. The Hall–Kier alpha value is -2.61. The fourth-order valence-corrected chi connectivity index (χ4v) is 3.75. The number of amides is 2. The lowest BCUT2D eigenvalue weighted by molar-refractivity contribution is 0.192. The maximum atomic E-state index is 13.1. The van der Waals surface area contributed by atoms with Gasteiger partial charge in [0, 0.05) is 18.7 Å². The number of hydrogen-bond acceptors (Lipinski definition) is 4. The van der Waals surface area contributed by atoms with E-state index in [-0.39, 0.29) is 23.2 Å². The molecule has 0 bridgehead atoms. The number of nitrogens with one attached hydrogen (secondary N) is 1. The molecule has 6 nitrogen and oxygen atoms in total. The molecule has 28 heavy (non-hydrogen) atoms. The second kappa shape index (κ2) is 8.60. The predicted octanol–water partition coefficient (Wildman–Crippen LogP) is 3.53. The minimum absolute atomic E-state index is 0.137. The van der Waals surface area contributed by atoms with Crippen molar-refractivity contribution < 1.29 is 21.8 Å². The topological polar surface area (TPSA) is 75.7 Å². The number of urea groups is 1. The molecular formula is C20H23FN2O4S. The van der Waals surface area contributed by atoms with Crippen molar-refractivity contribution in [3.05, 3.63) is 59.9 Å². The minimum Gasteiger partial charge on any atom is -0.379 e. The van der Waals surface area contributed by atoms with Gasteiger partial charge in [0.2, 0.25) is 0 Å². The average molecular weight is 406 g/mol. The molecule has 0 atom stereocenters. The van der Waals surface area contributed by atoms with Crippen LogP contribution in [0.1, 0.15) is 25.3 Å². The smallest absolute Gasteiger partial charge is 0.339 e. The highest BCUT2D eigenvalue weighted by Crippen LogP contribution is 2.31. The van der Waals surface area contributed by atoms with E-state index >= 15 is 0 Å². The van der Waals surface area contributed by atoms with Gasteiger partial charge in [0.25, 0.3) is 0 Å². The van der Waals surface area contributed by atoms with Crippen LogP contribution in [0.5, 0.6) is 5.75 Å². The molecule has 8 heteroatoms. The third kappa shape index (κ3) is 5.22. The molecule has 2 aromatic carbocycles. The van der Waals surface area contributed by atoms with E-state index in [2.05, 4.69) is 5.32 Å². The van der Waals surface area contributed by atoms with Crippen LogP contribution in [0, 0.1) is 11.7 Å². The Bertz CT molecular complexity index is 927. The molecule has 3 rings (SSSR count). The molecule has 150 valence electrons. The van der Waals surface area contributed by atoms with E-state index in [4.69, 9.17) is 4.18 Å². The first kappa shape index (κ1) is 20.1. The second-order valence-electron chi connectivity index (χ2n) is 6.76. The van der Waals surface area contributed by atoms with Gasteiger partial charge in [0.1, 0.15) is 16.5 Å². The van der Waals surface area contributed by atoms with Crippen LogP contribution in [-0.4, -0.2) is 32.4 Å². The summed E-state index contributed by atoms with van der Waals surface area (Å²) in [5.41, 5.74) is 0.583. The summed E-state index contributed by atoms with van der Waals surface area (Å²) >= 11 is 0. The van der Waals surface area contributed by atoms with Gasteiger partial charge < -0.3 is 14.4 Å². The zero-order valence-corrected chi connectivity index (χ0v) is 16.4. The molecular weight excluding hydrogens is 383 g/mol. The van der Waals surface area contributed by atoms with Crippen LogP contribution in [-0.2, 0) is 16.7 Å². The monoisotopic (exact) mass is 406 g/mol. The van der Waals surface area contributed by atoms with E-state index in [9.17, 15) is 17.6 Å². The standard InChI is InChI=1S/C20H23FN2O4S/c1-2-22-20(24)23(13-15-7-8-15)14-16-5-3-4-6-19(16)27-28(25,26)18-11-9-17(21)10-12-18/h3-6,9-12,15H,2,7-8,13-14H2,1H3,(H,22,24). The van der Waals surface area contributed by atoms with Gasteiger partial charge in [0.05, 0.1) is 6.54 Å². The van der Waals surface area contributed by atoms with E-state index in [0.29, 0.717) is 24.6 Å². The van der Waals surface area contributed by atoms with Crippen molar-refractivity contribution in [1.82, 2.24) is 10.2 Å². The predicted molar refractivity (Wildman–Crippen MR) is 103 cm³/mol. The first-order chi connectivity index (χ1) is 13.4. The van der Waals surface area contributed by atoms with Crippen molar-refractivity contribution in [3.63, 3.8) is 0 Å². The van der Waals surface area contributed by atoms with Crippen LogP contribution < -0.4 is 9.50 Å². The highest BCUT2D eigenvalue weighted by atomic mass is 32.2. The molecule has 0 aliphatic heterocycles. The van der Waals surface area contributed by atoms with E-state index in [1.807, 2.05) is 6.92 Å². The number of nitrogens with zero attached hydrogens (tertiary/aromatic N) is 1. The highest BCUT2D eigenvalue weighted by Gasteiger charge is 2.27. The maximum absolute atomic E-state index is 13.1. The molecule has 2 amide bonds. The average Bonchev–Trinajstić information content (AvgIpc) is 3.47. The van der Waals surface area contributed by atoms with Crippen LogP contribution in [0.25, 0.3) is 0 Å². The number of hydrogen-bond donors (Lipinski definition) is 1. The van der Waals surface area contributed by atoms with E-state index in [1.54, 1.807) is 29.2 Å². The van der Waals surface area contributed by atoms with Gasteiger partial charge in [-0.2, -0.15) is 8.42 Å². The summed E-state index contributed by atoms with van der Waals surface area (Å²) in [5.74, 6) is 0.104. The van der Waals surface area contributed by atoms with Gasteiger partial charge in [-0.15, -0.1) is 0 Å². The van der Waals surface area contributed by atoms with Gasteiger partial charge in [-0.25, -0.2) is 9.18 Å². The van der Waals surface area contributed by atoms with E-state index in [1.165, 1.54) is 0 Å². The largest absolute Gasteiger partial charge is 0.379 e. The van der Waals surface area contributed by atoms with Gasteiger partial charge in [-0.05, 0) is 56.0 Å². The summed E-state index contributed by atoms with van der Waals surface area (Å²) in [6.45, 7) is 3.21. The fourth-order valence-electron chi connectivity index (χ4n) is 2.78. The number of carbonyl (C=O) groups is 1. The van der Waals surface area contributed by atoms with Crippen LogP contribution >= 0.6 is 0 Å². The summed E-state index contributed by atoms with van der Waals surface area (Å²) in [5, 5.41) is 2.79. The Morgan fingerprint density at radius 3 is 2.50 bits per heavy atom. The third-order valence-corrected chi connectivity index (χ3v) is 5.67. The Labute approximate surface area is 164 Å². The molecule has 0 heterocycles. The molecule has 0 spiro atoms. The lowest BCUT2D eigenvalue weighted by Gasteiger charge is -2.24. The molecule has 1 aliphatic rings. The summed E-state index contributed by atoms with van der Waals surface area (Å²) in [7, 11) is -4.12. The number of rotatable bonds is 8. The SMILES string of the molecule is CCNC(=O)N(Cc1ccccc1OS(=O)(=O)c1ccc(F)cc1)CC1CC1. The number of halogens is 1.